The predicted molar refractivity (Wildman–Crippen MR) is 33.9 cm³/mol. The largest absolute Gasteiger partial charge is 0.297 e. The zero-order valence-corrected chi connectivity index (χ0v) is 5.52. The normalized spacial score (nSPS) is 13.0. The number of rotatable bonds is 1. The Labute approximate surface area is 45.5 Å². The molecule has 0 radical (unpaired) electrons. The van der Waals surface area contributed by atoms with Crippen molar-refractivity contribution in [2.24, 2.45) is 10.9 Å². The Morgan fingerprint density at radius 2 is 1.86 bits per heavy atom. The van der Waals surface area contributed by atoms with Gasteiger partial charge in [-0.3, -0.25) is 4.99 Å². The van der Waals surface area contributed by atoms with Crippen LogP contribution < -0.4 is 0 Å². The second-order valence-corrected chi connectivity index (χ2v) is 2.02. The Bertz CT molecular complexity index is 72.2. The van der Waals surface area contributed by atoms with Gasteiger partial charge in [-0.1, -0.05) is 13.8 Å². The van der Waals surface area contributed by atoms with Crippen molar-refractivity contribution in [2.75, 3.05) is 7.05 Å². The molecule has 7 heavy (non-hydrogen) atoms. The lowest BCUT2D eigenvalue weighted by atomic mass is 10.1. The topological polar surface area (TPSA) is 12.4 Å². The van der Waals surface area contributed by atoms with Gasteiger partial charge in [0.1, 0.15) is 0 Å². The molecule has 0 heterocycles. The van der Waals surface area contributed by atoms with Crippen LogP contribution in [-0.2, 0) is 0 Å². The Balaban J connectivity index is 3.56. The van der Waals surface area contributed by atoms with E-state index in [1.54, 1.807) is 0 Å². The molecule has 0 aromatic carbocycles. The summed E-state index contributed by atoms with van der Waals surface area (Å²) in [6.07, 6.45) is 0. The number of hydrogen-bond donors (Lipinski definition) is 0. The second-order valence-electron chi connectivity index (χ2n) is 2.02. The van der Waals surface area contributed by atoms with E-state index in [0.717, 1.165) is 0 Å². The molecule has 0 spiro atoms. The third-order valence-corrected chi connectivity index (χ3v) is 1.19. The first-order chi connectivity index (χ1) is 3.18. The van der Waals surface area contributed by atoms with Crippen molar-refractivity contribution in [3.05, 3.63) is 0 Å². The quantitative estimate of drug-likeness (QED) is 0.444. The predicted octanol–water partition coefficient (Wildman–Crippen LogP) is 1.73. The third-order valence-electron chi connectivity index (χ3n) is 1.19. The molecule has 0 aliphatic heterocycles. The summed E-state index contributed by atoms with van der Waals surface area (Å²) in [6, 6.07) is 0. The highest BCUT2D eigenvalue weighted by molar-refractivity contribution is 5.83. The smallest absolute Gasteiger partial charge is 0.0276 e. The van der Waals surface area contributed by atoms with Crippen molar-refractivity contribution in [2.45, 2.75) is 20.8 Å². The van der Waals surface area contributed by atoms with Crippen LogP contribution in [0.3, 0.4) is 0 Å². The minimum atomic E-state index is 0.616. The molecule has 0 amide bonds. The van der Waals surface area contributed by atoms with E-state index in [4.69, 9.17) is 0 Å². The first-order valence-electron chi connectivity index (χ1n) is 2.61. The van der Waals surface area contributed by atoms with Crippen LogP contribution in [0.5, 0.6) is 0 Å². The molecular weight excluding hydrogens is 86.1 g/mol. The molecule has 0 unspecified atom stereocenters. The maximum atomic E-state index is 4.00. The van der Waals surface area contributed by atoms with Crippen molar-refractivity contribution in [1.29, 1.82) is 0 Å². The first kappa shape index (κ1) is 6.67. The maximum absolute atomic E-state index is 4.00. The van der Waals surface area contributed by atoms with Crippen LogP contribution in [-0.4, -0.2) is 12.8 Å². The monoisotopic (exact) mass is 99.1 g/mol. The van der Waals surface area contributed by atoms with E-state index in [1.165, 1.54) is 5.71 Å². The highest BCUT2D eigenvalue weighted by atomic mass is 14.7. The Morgan fingerprint density at radius 3 is 1.86 bits per heavy atom. The van der Waals surface area contributed by atoms with Gasteiger partial charge in [0.15, 0.2) is 0 Å². The number of hydrogen-bond acceptors (Lipinski definition) is 1. The van der Waals surface area contributed by atoms with Crippen molar-refractivity contribution in [3.63, 3.8) is 0 Å². The highest BCUT2D eigenvalue weighted by Gasteiger charge is 1.92. The fourth-order valence-electron chi connectivity index (χ4n) is 0.258. The molecule has 0 aromatic heterocycles. The van der Waals surface area contributed by atoms with Gasteiger partial charge in [-0.05, 0) is 12.8 Å². The van der Waals surface area contributed by atoms with E-state index in [9.17, 15) is 0 Å². The van der Waals surface area contributed by atoms with Gasteiger partial charge in [0.25, 0.3) is 0 Å². The third kappa shape index (κ3) is 2.38. The van der Waals surface area contributed by atoms with E-state index in [1.807, 2.05) is 14.0 Å². The van der Waals surface area contributed by atoms with E-state index >= 15 is 0 Å². The van der Waals surface area contributed by atoms with E-state index in [-0.39, 0.29) is 0 Å². The molecular formula is C6H13N. The maximum Gasteiger partial charge on any atom is 0.0276 e. The van der Waals surface area contributed by atoms with Crippen LogP contribution in [0.15, 0.2) is 4.99 Å². The zero-order chi connectivity index (χ0) is 5.86. The van der Waals surface area contributed by atoms with Gasteiger partial charge in [0.2, 0.25) is 0 Å². The standard InChI is InChI=1S/C6H13N/c1-5(2)6(3)7-4/h5H,1-4H3/b7-6-. The molecule has 0 aliphatic carbocycles. The van der Waals surface area contributed by atoms with Gasteiger partial charge in [-0.25, -0.2) is 0 Å². The van der Waals surface area contributed by atoms with Crippen LogP contribution >= 0.6 is 0 Å². The van der Waals surface area contributed by atoms with E-state index in [0.29, 0.717) is 5.92 Å². The zero-order valence-electron chi connectivity index (χ0n) is 5.52. The summed E-state index contributed by atoms with van der Waals surface area (Å²) < 4.78 is 0. The summed E-state index contributed by atoms with van der Waals surface area (Å²) in [5.41, 5.74) is 1.22. The Kier molecular flexibility index (Phi) is 2.65. The second kappa shape index (κ2) is 2.78. The molecule has 0 rings (SSSR count). The molecule has 0 aliphatic rings. The number of aliphatic imine (C=N–C) groups is 1. The lowest BCUT2D eigenvalue weighted by Crippen LogP contribution is -1.99. The molecule has 0 atom stereocenters. The van der Waals surface area contributed by atoms with Gasteiger partial charge in [-0.2, -0.15) is 0 Å². The summed E-state index contributed by atoms with van der Waals surface area (Å²) in [4.78, 5) is 4.00. The van der Waals surface area contributed by atoms with Crippen molar-refractivity contribution in [1.82, 2.24) is 0 Å². The fraction of sp³-hybridized carbons (Fsp3) is 0.833. The summed E-state index contributed by atoms with van der Waals surface area (Å²) in [6.45, 7) is 6.33. The average molecular weight is 99.2 g/mol. The molecule has 0 saturated carbocycles. The van der Waals surface area contributed by atoms with Crippen molar-refractivity contribution < 1.29 is 0 Å². The van der Waals surface area contributed by atoms with Crippen molar-refractivity contribution in [3.8, 4) is 0 Å². The van der Waals surface area contributed by atoms with Crippen LogP contribution in [0.1, 0.15) is 20.8 Å². The molecule has 0 aromatic rings. The van der Waals surface area contributed by atoms with E-state index < -0.39 is 0 Å². The molecule has 1 nitrogen and oxygen atoms in total. The Hall–Kier alpha value is -0.330. The van der Waals surface area contributed by atoms with Gasteiger partial charge in [-0.15, -0.1) is 0 Å². The number of nitrogens with zero attached hydrogens (tertiary/aromatic N) is 1. The fourth-order valence-corrected chi connectivity index (χ4v) is 0.258. The SMILES string of the molecule is C/N=C(/C)C(C)C. The van der Waals surface area contributed by atoms with Gasteiger partial charge >= 0.3 is 0 Å². The molecule has 0 N–H and O–H groups in total. The van der Waals surface area contributed by atoms with Crippen LogP contribution in [0, 0.1) is 5.92 Å². The summed E-state index contributed by atoms with van der Waals surface area (Å²) >= 11 is 0. The summed E-state index contributed by atoms with van der Waals surface area (Å²) in [5, 5.41) is 0. The summed E-state index contributed by atoms with van der Waals surface area (Å²) in [7, 11) is 1.83. The van der Waals surface area contributed by atoms with Crippen LogP contribution in [0.2, 0.25) is 0 Å². The summed E-state index contributed by atoms with van der Waals surface area (Å²) in [5.74, 6) is 0.616. The molecule has 0 fully saturated rings. The lowest BCUT2D eigenvalue weighted by Gasteiger charge is -1.98. The van der Waals surface area contributed by atoms with Crippen LogP contribution in [0.25, 0.3) is 0 Å². The molecule has 0 saturated heterocycles. The molecule has 42 valence electrons. The first-order valence-corrected chi connectivity index (χ1v) is 2.61. The van der Waals surface area contributed by atoms with Crippen molar-refractivity contribution >= 4 is 5.71 Å². The minimum Gasteiger partial charge on any atom is -0.297 e. The minimum absolute atomic E-state index is 0.616. The Morgan fingerprint density at radius 1 is 1.43 bits per heavy atom. The van der Waals surface area contributed by atoms with Gasteiger partial charge in [0.05, 0.1) is 0 Å². The van der Waals surface area contributed by atoms with E-state index in [2.05, 4.69) is 18.8 Å². The average Bonchev–Trinajstić information content (AvgIpc) is 1.65. The van der Waals surface area contributed by atoms with Gasteiger partial charge < -0.3 is 0 Å². The molecule has 0 bridgehead atoms. The highest BCUT2D eigenvalue weighted by Crippen LogP contribution is 1.93. The van der Waals surface area contributed by atoms with Crippen LogP contribution in [0.4, 0.5) is 0 Å². The molecule has 1 heteroatoms. The van der Waals surface area contributed by atoms with Gasteiger partial charge in [0, 0.05) is 12.8 Å². The lowest BCUT2D eigenvalue weighted by molar-refractivity contribution is 0.875.